The van der Waals surface area contributed by atoms with Crippen molar-refractivity contribution in [3.05, 3.63) is 10.6 Å². The van der Waals surface area contributed by atoms with Crippen LogP contribution >= 0.6 is 28.3 Å². The van der Waals surface area contributed by atoms with E-state index in [-0.39, 0.29) is 17.0 Å². The molecule has 0 fully saturated rings. The molecule has 0 bridgehead atoms. The lowest BCUT2D eigenvalue weighted by atomic mass is 9.96. The van der Waals surface area contributed by atoms with Crippen molar-refractivity contribution in [2.24, 2.45) is 0 Å². The summed E-state index contributed by atoms with van der Waals surface area (Å²) in [7, 11) is 3.36. The van der Waals surface area contributed by atoms with Crippen molar-refractivity contribution in [1.29, 1.82) is 0 Å². The molecule has 0 spiro atoms. The number of aryl methyl sites for hydroxylation is 1. The summed E-state index contributed by atoms with van der Waals surface area (Å²) in [6.45, 7) is 0. The molecular formula is C9H15BrN2O2S. The van der Waals surface area contributed by atoms with Gasteiger partial charge in [-0.2, -0.15) is 0 Å². The smallest absolute Gasteiger partial charge is 0.180 e. The average molecular weight is 295 g/mol. The first-order valence-corrected chi connectivity index (χ1v) is 5.35. The van der Waals surface area contributed by atoms with Gasteiger partial charge in [-0.15, -0.1) is 28.3 Å². The molecule has 0 radical (unpaired) electrons. The van der Waals surface area contributed by atoms with Gasteiger partial charge in [-0.05, 0) is 6.42 Å². The highest BCUT2D eigenvalue weighted by Crippen LogP contribution is 2.35. The third-order valence-electron chi connectivity index (χ3n) is 2.71. The molecule has 0 unspecified atom stereocenters. The second kappa shape index (κ2) is 4.78. The fourth-order valence-electron chi connectivity index (χ4n) is 1.81. The zero-order valence-corrected chi connectivity index (χ0v) is 11.3. The Hall–Kier alpha value is -0.170. The average Bonchev–Trinajstić information content (AvgIpc) is 2.56. The zero-order chi connectivity index (χ0) is 10.2. The second-order valence-corrected chi connectivity index (χ2v) is 4.53. The number of fused-ring (bicyclic) bond motifs is 1. The number of methoxy groups -OCH3 is 2. The summed E-state index contributed by atoms with van der Waals surface area (Å²) >= 11 is 1.53. The van der Waals surface area contributed by atoms with Crippen molar-refractivity contribution >= 4 is 33.4 Å². The summed E-state index contributed by atoms with van der Waals surface area (Å²) in [5.41, 5.74) is 6.76. The van der Waals surface area contributed by atoms with Crippen LogP contribution in [-0.4, -0.2) is 25.0 Å². The molecule has 1 heterocycles. The summed E-state index contributed by atoms with van der Waals surface area (Å²) in [6.07, 6.45) is 2.48. The monoisotopic (exact) mass is 294 g/mol. The lowest BCUT2D eigenvalue weighted by Crippen LogP contribution is -2.39. The van der Waals surface area contributed by atoms with Gasteiger partial charge in [0.05, 0.1) is 5.69 Å². The van der Waals surface area contributed by atoms with Gasteiger partial charge in [-0.1, -0.05) is 0 Å². The third kappa shape index (κ3) is 2.33. The normalized spacial score (nSPS) is 18.0. The molecule has 0 aliphatic heterocycles. The zero-order valence-electron chi connectivity index (χ0n) is 8.78. The van der Waals surface area contributed by atoms with Crippen LogP contribution in [0.15, 0.2) is 0 Å². The predicted octanol–water partition coefficient (Wildman–Crippen LogP) is 1.78. The molecule has 1 aliphatic rings. The molecule has 0 saturated heterocycles. The Morgan fingerprint density at radius 1 is 1.40 bits per heavy atom. The minimum Gasteiger partial charge on any atom is -0.375 e. The largest absolute Gasteiger partial charge is 0.375 e. The van der Waals surface area contributed by atoms with Crippen molar-refractivity contribution in [3.8, 4) is 0 Å². The molecule has 4 nitrogen and oxygen atoms in total. The Bertz CT molecular complexity index is 339. The van der Waals surface area contributed by atoms with Crippen LogP contribution in [0.25, 0.3) is 0 Å². The maximum absolute atomic E-state index is 5.66. The van der Waals surface area contributed by atoms with Gasteiger partial charge in [0, 0.05) is 31.9 Å². The van der Waals surface area contributed by atoms with Crippen LogP contribution in [0.5, 0.6) is 0 Å². The van der Waals surface area contributed by atoms with E-state index in [0.29, 0.717) is 5.13 Å². The number of aromatic nitrogens is 1. The molecule has 0 saturated carbocycles. The fraction of sp³-hybridized carbons (Fsp3) is 0.667. The summed E-state index contributed by atoms with van der Waals surface area (Å²) < 4.78 is 10.8. The molecule has 1 aromatic heterocycles. The van der Waals surface area contributed by atoms with E-state index in [1.54, 1.807) is 14.2 Å². The number of anilines is 1. The van der Waals surface area contributed by atoms with E-state index in [0.717, 1.165) is 25.0 Å². The number of halogens is 1. The summed E-state index contributed by atoms with van der Waals surface area (Å²) in [4.78, 5) is 5.46. The predicted molar refractivity (Wildman–Crippen MR) is 65.6 cm³/mol. The standard InChI is InChI=1S/C9H14N2O2S.BrH/c1-12-9(13-2)4-3-6-7(5-9)14-8(10)11-6;/h3-5H2,1-2H3,(H2,10,11);1H. The number of hydrogen-bond acceptors (Lipinski definition) is 5. The number of hydrogen-bond donors (Lipinski definition) is 1. The number of nitrogens with two attached hydrogens (primary N) is 1. The molecule has 6 heteroatoms. The van der Waals surface area contributed by atoms with E-state index >= 15 is 0 Å². The lowest BCUT2D eigenvalue weighted by molar-refractivity contribution is -0.211. The van der Waals surface area contributed by atoms with Gasteiger partial charge in [-0.3, -0.25) is 0 Å². The number of nitrogens with zero attached hydrogens (tertiary/aromatic N) is 1. The van der Waals surface area contributed by atoms with E-state index in [1.165, 1.54) is 16.2 Å². The molecule has 15 heavy (non-hydrogen) atoms. The van der Waals surface area contributed by atoms with Crippen LogP contribution in [-0.2, 0) is 22.3 Å². The molecule has 0 aromatic carbocycles. The van der Waals surface area contributed by atoms with Crippen molar-refractivity contribution in [2.45, 2.75) is 25.0 Å². The van der Waals surface area contributed by atoms with Crippen molar-refractivity contribution < 1.29 is 9.47 Å². The molecular weight excluding hydrogens is 280 g/mol. The van der Waals surface area contributed by atoms with Crippen LogP contribution in [0.3, 0.4) is 0 Å². The lowest BCUT2D eigenvalue weighted by Gasteiger charge is -2.33. The van der Waals surface area contributed by atoms with Crippen molar-refractivity contribution in [2.75, 3.05) is 20.0 Å². The van der Waals surface area contributed by atoms with Gasteiger partial charge in [0.15, 0.2) is 10.9 Å². The Balaban J connectivity index is 0.00000112. The molecule has 1 aliphatic carbocycles. The summed E-state index contributed by atoms with van der Waals surface area (Å²) in [6, 6.07) is 0. The maximum atomic E-state index is 5.66. The number of ether oxygens (including phenoxy) is 2. The second-order valence-electron chi connectivity index (χ2n) is 3.42. The van der Waals surface area contributed by atoms with Gasteiger partial charge >= 0.3 is 0 Å². The highest BCUT2D eigenvalue weighted by atomic mass is 79.9. The Labute approximate surface area is 104 Å². The topological polar surface area (TPSA) is 57.4 Å². The first kappa shape index (κ1) is 12.9. The van der Waals surface area contributed by atoms with Gasteiger partial charge in [-0.25, -0.2) is 4.98 Å². The maximum Gasteiger partial charge on any atom is 0.180 e. The first-order chi connectivity index (χ1) is 6.69. The van der Waals surface area contributed by atoms with Gasteiger partial charge in [0.2, 0.25) is 0 Å². The van der Waals surface area contributed by atoms with Crippen LogP contribution in [0, 0.1) is 0 Å². The van der Waals surface area contributed by atoms with Crippen LogP contribution in [0.1, 0.15) is 17.0 Å². The van der Waals surface area contributed by atoms with Gasteiger partial charge < -0.3 is 15.2 Å². The van der Waals surface area contributed by atoms with E-state index in [2.05, 4.69) is 4.98 Å². The summed E-state index contributed by atoms with van der Waals surface area (Å²) in [5, 5.41) is 0.637. The molecule has 86 valence electrons. The Morgan fingerprint density at radius 3 is 2.67 bits per heavy atom. The van der Waals surface area contributed by atoms with Crippen LogP contribution in [0.2, 0.25) is 0 Å². The molecule has 2 rings (SSSR count). The Morgan fingerprint density at radius 2 is 2.07 bits per heavy atom. The minimum atomic E-state index is -0.466. The SMILES string of the molecule is Br.COC1(OC)CCc2nc(N)sc2C1. The third-order valence-corrected chi connectivity index (χ3v) is 3.64. The van der Waals surface area contributed by atoms with Crippen molar-refractivity contribution in [3.63, 3.8) is 0 Å². The van der Waals surface area contributed by atoms with Crippen molar-refractivity contribution in [1.82, 2.24) is 4.98 Å². The number of rotatable bonds is 2. The van der Waals surface area contributed by atoms with Crippen LogP contribution in [0.4, 0.5) is 5.13 Å². The van der Waals surface area contributed by atoms with Crippen LogP contribution < -0.4 is 5.73 Å². The Kier molecular flexibility index (Phi) is 4.11. The van der Waals surface area contributed by atoms with E-state index in [1.807, 2.05) is 0 Å². The highest BCUT2D eigenvalue weighted by molar-refractivity contribution is 8.93. The molecule has 0 atom stereocenters. The molecule has 1 aromatic rings. The molecule has 0 amide bonds. The summed E-state index contributed by atoms with van der Waals surface area (Å²) in [5.74, 6) is -0.466. The van der Waals surface area contributed by atoms with E-state index in [9.17, 15) is 0 Å². The quantitative estimate of drug-likeness (QED) is 0.845. The number of thiazole rings is 1. The first-order valence-electron chi connectivity index (χ1n) is 4.53. The fourth-order valence-corrected chi connectivity index (χ4v) is 2.78. The highest BCUT2D eigenvalue weighted by Gasteiger charge is 2.36. The number of nitrogen functional groups attached to an aromatic ring is 1. The minimum absolute atomic E-state index is 0. The van der Waals surface area contributed by atoms with E-state index in [4.69, 9.17) is 15.2 Å². The van der Waals surface area contributed by atoms with E-state index < -0.39 is 5.79 Å². The molecule has 2 N–H and O–H groups in total. The van der Waals surface area contributed by atoms with Gasteiger partial charge in [0.1, 0.15) is 0 Å². The van der Waals surface area contributed by atoms with Gasteiger partial charge in [0.25, 0.3) is 0 Å².